The summed E-state index contributed by atoms with van der Waals surface area (Å²) in [6.45, 7) is 0. The number of para-hydroxylation sites is 2. The fourth-order valence-corrected chi connectivity index (χ4v) is 8.05. The Balaban J connectivity index is 1.07. The largest absolute Gasteiger partial charge is 0.455 e. The smallest absolute Gasteiger partial charge is 0.164 e. The van der Waals surface area contributed by atoms with Crippen LogP contribution in [0.2, 0.25) is 0 Å². The monoisotopic (exact) mass is 701 g/mol. The Kier molecular flexibility index (Phi) is 7.14. The molecule has 0 spiro atoms. The summed E-state index contributed by atoms with van der Waals surface area (Å²) < 4.78 is 6.42. The summed E-state index contributed by atoms with van der Waals surface area (Å²) in [4.78, 5) is 15.0. The first-order valence-corrected chi connectivity index (χ1v) is 18.5. The molecule has 0 aliphatic carbocycles. The predicted octanol–water partition coefficient (Wildman–Crippen LogP) is 13.6. The lowest BCUT2D eigenvalue weighted by molar-refractivity contribution is 0.670. The maximum atomic E-state index is 6.42. The van der Waals surface area contributed by atoms with E-state index in [1.54, 1.807) is 0 Å². The van der Waals surface area contributed by atoms with E-state index in [1.807, 2.05) is 72.8 Å². The standard InChI is InChI=1S/C51H31N3O/c1-3-13-32(14-4-1)49-52-50(33-15-5-2-6-16-33)54-51(53-49)37-26-28-42-45-30-35(25-27-41(45)39-19-7-8-20-40(39)46(42)31-37)34-17-11-18-36(29-34)38-22-12-23-44-43-21-9-10-24-47(43)55-48(38)44/h1-31H. The maximum Gasteiger partial charge on any atom is 0.164 e. The molecule has 0 radical (unpaired) electrons. The molecule has 0 amide bonds. The molecule has 2 heterocycles. The lowest BCUT2D eigenvalue weighted by atomic mass is 9.90. The van der Waals surface area contributed by atoms with Crippen LogP contribution in [0, 0.1) is 0 Å². The van der Waals surface area contributed by atoms with Gasteiger partial charge >= 0.3 is 0 Å². The van der Waals surface area contributed by atoms with E-state index < -0.39 is 0 Å². The van der Waals surface area contributed by atoms with Crippen LogP contribution in [0.25, 0.3) is 111 Å². The fourth-order valence-electron chi connectivity index (χ4n) is 8.05. The minimum absolute atomic E-state index is 0.642. The van der Waals surface area contributed by atoms with Gasteiger partial charge in [-0.25, -0.2) is 15.0 Å². The minimum atomic E-state index is 0.642. The summed E-state index contributed by atoms with van der Waals surface area (Å²) in [5, 5.41) is 9.44. The number of aromatic nitrogens is 3. The molecule has 11 aromatic rings. The summed E-state index contributed by atoms with van der Waals surface area (Å²) >= 11 is 0. The van der Waals surface area contributed by atoms with Gasteiger partial charge in [-0.05, 0) is 73.3 Å². The van der Waals surface area contributed by atoms with Crippen molar-refractivity contribution in [3.63, 3.8) is 0 Å². The molecule has 0 fully saturated rings. The third-order valence-corrected chi connectivity index (χ3v) is 10.7. The number of rotatable bonds is 5. The average Bonchev–Trinajstić information content (AvgIpc) is 3.66. The quantitative estimate of drug-likeness (QED) is 0.168. The Labute approximate surface area is 317 Å². The van der Waals surface area contributed by atoms with Gasteiger partial charge in [0.25, 0.3) is 0 Å². The molecule has 4 nitrogen and oxygen atoms in total. The van der Waals surface area contributed by atoms with Gasteiger partial charge < -0.3 is 4.42 Å². The predicted molar refractivity (Wildman–Crippen MR) is 227 cm³/mol. The lowest BCUT2D eigenvalue weighted by Gasteiger charge is -2.14. The first-order chi connectivity index (χ1) is 27.2. The second-order valence-corrected chi connectivity index (χ2v) is 14.0. The van der Waals surface area contributed by atoms with Crippen molar-refractivity contribution in [1.29, 1.82) is 0 Å². The van der Waals surface area contributed by atoms with Crippen LogP contribution in [0.1, 0.15) is 0 Å². The molecule has 0 unspecified atom stereocenters. The van der Waals surface area contributed by atoms with E-state index in [2.05, 4.69) is 115 Å². The minimum Gasteiger partial charge on any atom is -0.455 e. The van der Waals surface area contributed by atoms with Crippen molar-refractivity contribution in [3.05, 3.63) is 188 Å². The normalized spacial score (nSPS) is 11.6. The SMILES string of the molecule is c1ccc(-c2nc(-c3ccccc3)nc(-c3ccc4c5cc(-c6cccc(-c7cccc8c7oc7ccccc78)c6)ccc5c5ccccc5c4c3)n2)cc1. The highest BCUT2D eigenvalue weighted by Crippen LogP contribution is 2.41. The zero-order valence-electron chi connectivity index (χ0n) is 29.6. The molecule has 0 aliphatic rings. The van der Waals surface area contributed by atoms with E-state index in [0.29, 0.717) is 17.5 Å². The van der Waals surface area contributed by atoms with Crippen molar-refractivity contribution in [1.82, 2.24) is 15.0 Å². The van der Waals surface area contributed by atoms with Crippen molar-refractivity contribution in [3.8, 4) is 56.4 Å². The third kappa shape index (κ3) is 5.26. The van der Waals surface area contributed by atoms with Crippen molar-refractivity contribution < 1.29 is 4.42 Å². The van der Waals surface area contributed by atoms with Gasteiger partial charge in [-0.2, -0.15) is 0 Å². The molecule has 256 valence electrons. The van der Waals surface area contributed by atoms with Gasteiger partial charge in [0, 0.05) is 33.0 Å². The molecule has 0 saturated carbocycles. The number of hydrogen-bond acceptors (Lipinski definition) is 4. The number of benzene rings is 9. The molecular weight excluding hydrogens is 671 g/mol. The van der Waals surface area contributed by atoms with Crippen molar-refractivity contribution in [2.24, 2.45) is 0 Å². The Morgan fingerprint density at radius 2 is 0.727 bits per heavy atom. The van der Waals surface area contributed by atoms with E-state index in [0.717, 1.165) is 66.3 Å². The van der Waals surface area contributed by atoms with E-state index >= 15 is 0 Å². The van der Waals surface area contributed by atoms with Crippen LogP contribution in [0.5, 0.6) is 0 Å². The summed E-state index contributed by atoms with van der Waals surface area (Å²) in [7, 11) is 0. The molecule has 0 bridgehead atoms. The molecule has 0 N–H and O–H groups in total. The number of furan rings is 1. The fraction of sp³-hybridized carbons (Fsp3) is 0. The topological polar surface area (TPSA) is 51.8 Å². The third-order valence-electron chi connectivity index (χ3n) is 10.7. The first-order valence-electron chi connectivity index (χ1n) is 18.5. The highest BCUT2D eigenvalue weighted by molar-refractivity contribution is 6.26. The molecule has 2 aromatic heterocycles. The van der Waals surface area contributed by atoms with Crippen molar-refractivity contribution in [2.45, 2.75) is 0 Å². The molecule has 4 heteroatoms. The van der Waals surface area contributed by atoms with Gasteiger partial charge in [0.2, 0.25) is 0 Å². The van der Waals surface area contributed by atoms with Gasteiger partial charge in [0.05, 0.1) is 0 Å². The van der Waals surface area contributed by atoms with Crippen molar-refractivity contribution in [2.75, 3.05) is 0 Å². The number of nitrogens with zero attached hydrogens (tertiary/aromatic N) is 3. The average molecular weight is 702 g/mol. The second kappa shape index (κ2) is 12.6. The molecule has 55 heavy (non-hydrogen) atoms. The highest BCUT2D eigenvalue weighted by atomic mass is 16.3. The van der Waals surface area contributed by atoms with Gasteiger partial charge in [-0.1, -0.05) is 164 Å². The summed E-state index contributed by atoms with van der Waals surface area (Å²) in [6.07, 6.45) is 0. The molecule has 0 saturated heterocycles. The number of fused-ring (bicyclic) bond motifs is 9. The molecule has 11 rings (SSSR count). The molecule has 0 atom stereocenters. The van der Waals surface area contributed by atoms with Crippen molar-refractivity contribution >= 4 is 54.3 Å². The van der Waals surface area contributed by atoms with Gasteiger partial charge in [0.15, 0.2) is 17.5 Å². The maximum absolute atomic E-state index is 6.42. The number of hydrogen-bond donors (Lipinski definition) is 0. The highest BCUT2D eigenvalue weighted by Gasteiger charge is 2.17. The Hall–Kier alpha value is -7.43. The summed E-state index contributed by atoms with van der Waals surface area (Å²) in [5.41, 5.74) is 9.18. The zero-order chi connectivity index (χ0) is 36.3. The van der Waals surface area contributed by atoms with Crippen LogP contribution in [-0.4, -0.2) is 15.0 Å². The Morgan fingerprint density at radius 3 is 1.44 bits per heavy atom. The molecular formula is C51H31N3O. The van der Waals surface area contributed by atoms with E-state index in [9.17, 15) is 0 Å². The van der Waals surface area contributed by atoms with Crippen LogP contribution in [0.15, 0.2) is 192 Å². The van der Waals surface area contributed by atoms with Gasteiger partial charge in [-0.15, -0.1) is 0 Å². The van der Waals surface area contributed by atoms with Crippen LogP contribution < -0.4 is 0 Å². The second-order valence-electron chi connectivity index (χ2n) is 14.0. The Bertz CT molecular complexity index is 3200. The van der Waals surface area contributed by atoms with E-state index in [4.69, 9.17) is 19.4 Å². The van der Waals surface area contributed by atoms with Crippen LogP contribution in [0.4, 0.5) is 0 Å². The van der Waals surface area contributed by atoms with Gasteiger partial charge in [-0.3, -0.25) is 0 Å². The molecule has 0 aliphatic heterocycles. The first kappa shape index (κ1) is 31.1. The summed E-state index contributed by atoms with van der Waals surface area (Å²) in [6, 6.07) is 65.9. The zero-order valence-corrected chi connectivity index (χ0v) is 29.6. The Morgan fingerprint density at radius 1 is 0.273 bits per heavy atom. The van der Waals surface area contributed by atoms with E-state index in [1.165, 1.54) is 26.9 Å². The summed E-state index contributed by atoms with van der Waals surface area (Å²) in [5.74, 6) is 1.94. The molecule has 9 aromatic carbocycles. The van der Waals surface area contributed by atoms with Gasteiger partial charge in [0.1, 0.15) is 11.2 Å². The van der Waals surface area contributed by atoms with Crippen LogP contribution >= 0.6 is 0 Å². The van der Waals surface area contributed by atoms with Crippen LogP contribution in [-0.2, 0) is 0 Å². The lowest BCUT2D eigenvalue weighted by Crippen LogP contribution is -2.00. The van der Waals surface area contributed by atoms with Crippen LogP contribution in [0.3, 0.4) is 0 Å². The van der Waals surface area contributed by atoms with E-state index in [-0.39, 0.29) is 0 Å².